The highest BCUT2D eigenvalue weighted by Gasteiger charge is 2.16. The molecule has 0 spiro atoms. The standard InChI is InChI=1S/C20H21NO4/c1-12-9-13(2)19(14(3)10-12)20(24)25-11-18(23)21-17-8-6-5-7-16(17)15(4)22/h5-10H,11H2,1-4H3,(H,21,23). The Bertz CT molecular complexity index is 816. The van der Waals surface area contributed by atoms with E-state index in [1.54, 1.807) is 24.3 Å². The summed E-state index contributed by atoms with van der Waals surface area (Å²) in [7, 11) is 0. The Hall–Kier alpha value is -2.95. The number of carbonyl (C=O) groups excluding carboxylic acids is 3. The summed E-state index contributed by atoms with van der Waals surface area (Å²) in [5, 5.41) is 2.60. The van der Waals surface area contributed by atoms with Gasteiger partial charge in [-0.2, -0.15) is 0 Å². The number of anilines is 1. The van der Waals surface area contributed by atoms with Gasteiger partial charge in [0, 0.05) is 5.56 Å². The predicted molar refractivity (Wildman–Crippen MR) is 96.0 cm³/mol. The van der Waals surface area contributed by atoms with E-state index in [9.17, 15) is 14.4 Å². The van der Waals surface area contributed by atoms with Crippen LogP contribution in [0.3, 0.4) is 0 Å². The van der Waals surface area contributed by atoms with Gasteiger partial charge in [-0.05, 0) is 51.0 Å². The second-order valence-electron chi connectivity index (χ2n) is 6.00. The fourth-order valence-corrected chi connectivity index (χ4v) is 2.79. The first kappa shape index (κ1) is 18.4. The monoisotopic (exact) mass is 339 g/mol. The van der Waals surface area contributed by atoms with Gasteiger partial charge < -0.3 is 10.1 Å². The van der Waals surface area contributed by atoms with Crippen molar-refractivity contribution >= 4 is 23.3 Å². The minimum absolute atomic E-state index is 0.154. The van der Waals surface area contributed by atoms with Crippen LogP contribution in [0.25, 0.3) is 0 Å². The maximum atomic E-state index is 12.3. The Kier molecular flexibility index (Phi) is 5.70. The molecule has 2 rings (SSSR count). The molecule has 2 aromatic carbocycles. The van der Waals surface area contributed by atoms with Crippen molar-refractivity contribution in [1.82, 2.24) is 0 Å². The fourth-order valence-electron chi connectivity index (χ4n) is 2.79. The molecule has 1 N–H and O–H groups in total. The third-order valence-electron chi connectivity index (χ3n) is 3.80. The summed E-state index contributed by atoms with van der Waals surface area (Å²) in [6.45, 7) is 6.63. The summed E-state index contributed by atoms with van der Waals surface area (Å²) in [6, 6.07) is 10.5. The summed E-state index contributed by atoms with van der Waals surface area (Å²) in [5.74, 6) is -1.19. The number of ketones is 1. The lowest BCUT2D eigenvalue weighted by atomic mass is 10.00. The molecule has 130 valence electrons. The van der Waals surface area contributed by atoms with E-state index in [1.165, 1.54) is 6.92 Å². The normalized spacial score (nSPS) is 10.2. The van der Waals surface area contributed by atoms with Crippen LogP contribution >= 0.6 is 0 Å². The number of aryl methyl sites for hydroxylation is 3. The number of amides is 1. The van der Waals surface area contributed by atoms with Crippen LogP contribution in [0.1, 0.15) is 44.3 Å². The highest BCUT2D eigenvalue weighted by Crippen LogP contribution is 2.18. The smallest absolute Gasteiger partial charge is 0.339 e. The third-order valence-corrected chi connectivity index (χ3v) is 3.80. The second kappa shape index (κ2) is 7.75. The van der Waals surface area contributed by atoms with Gasteiger partial charge in [0.25, 0.3) is 5.91 Å². The summed E-state index contributed by atoms with van der Waals surface area (Å²) in [6.07, 6.45) is 0. The average molecular weight is 339 g/mol. The van der Waals surface area contributed by atoms with Crippen LogP contribution in [0.2, 0.25) is 0 Å². The Labute approximate surface area is 147 Å². The van der Waals surface area contributed by atoms with E-state index in [0.717, 1.165) is 16.7 Å². The number of esters is 1. The number of benzene rings is 2. The minimum Gasteiger partial charge on any atom is -0.452 e. The molecular weight excluding hydrogens is 318 g/mol. The zero-order valence-electron chi connectivity index (χ0n) is 14.8. The SMILES string of the molecule is CC(=O)c1ccccc1NC(=O)COC(=O)c1c(C)cc(C)cc1C. The van der Waals surface area contributed by atoms with Crippen molar-refractivity contribution in [3.8, 4) is 0 Å². The van der Waals surface area contributed by atoms with Crippen molar-refractivity contribution in [2.24, 2.45) is 0 Å². The topological polar surface area (TPSA) is 72.5 Å². The predicted octanol–water partition coefficient (Wildman–Crippen LogP) is 3.61. The molecule has 0 aliphatic rings. The highest BCUT2D eigenvalue weighted by atomic mass is 16.5. The largest absolute Gasteiger partial charge is 0.452 e. The zero-order valence-corrected chi connectivity index (χ0v) is 14.8. The van der Waals surface area contributed by atoms with Gasteiger partial charge >= 0.3 is 5.97 Å². The molecule has 0 unspecified atom stereocenters. The molecule has 5 nitrogen and oxygen atoms in total. The number of para-hydroxylation sites is 1. The van der Waals surface area contributed by atoms with Crippen molar-refractivity contribution < 1.29 is 19.1 Å². The molecule has 0 fully saturated rings. The lowest BCUT2D eigenvalue weighted by Gasteiger charge is -2.12. The van der Waals surface area contributed by atoms with Crippen molar-refractivity contribution in [3.63, 3.8) is 0 Å². The van der Waals surface area contributed by atoms with Gasteiger partial charge in [-0.25, -0.2) is 4.79 Å². The first-order chi connectivity index (χ1) is 11.8. The molecule has 0 aliphatic heterocycles. The van der Waals surface area contributed by atoms with Gasteiger partial charge in [-0.15, -0.1) is 0 Å². The maximum Gasteiger partial charge on any atom is 0.339 e. The molecule has 0 bridgehead atoms. The Balaban J connectivity index is 2.04. The summed E-state index contributed by atoms with van der Waals surface area (Å²) in [5.41, 5.74) is 3.97. The Morgan fingerprint density at radius 2 is 1.60 bits per heavy atom. The molecular formula is C20H21NO4. The molecule has 0 aliphatic carbocycles. The zero-order chi connectivity index (χ0) is 18.6. The number of hydrogen-bond acceptors (Lipinski definition) is 4. The molecule has 0 heterocycles. The number of nitrogens with one attached hydrogen (secondary N) is 1. The second-order valence-corrected chi connectivity index (χ2v) is 6.00. The Morgan fingerprint density at radius 3 is 2.20 bits per heavy atom. The van der Waals surface area contributed by atoms with Crippen molar-refractivity contribution in [3.05, 3.63) is 64.2 Å². The quantitative estimate of drug-likeness (QED) is 0.667. The van der Waals surface area contributed by atoms with Crippen LogP contribution in [0, 0.1) is 20.8 Å². The van der Waals surface area contributed by atoms with Crippen LogP contribution < -0.4 is 5.32 Å². The fraction of sp³-hybridized carbons (Fsp3) is 0.250. The summed E-state index contributed by atoms with van der Waals surface area (Å²) in [4.78, 5) is 35.9. The molecule has 1 amide bonds. The highest BCUT2D eigenvalue weighted by molar-refractivity contribution is 6.04. The van der Waals surface area contributed by atoms with Crippen molar-refractivity contribution in [2.45, 2.75) is 27.7 Å². The number of ether oxygens (including phenoxy) is 1. The van der Waals surface area contributed by atoms with Crippen LogP contribution in [0.4, 0.5) is 5.69 Å². The number of carbonyl (C=O) groups is 3. The number of rotatable bonds is 5. The van der Waals surface area contributed by atoms with Crippen LogP contribution in [-0.4, -0.2) is 24.3 Å². The van der Waals surface area contributed by atoms with E-state index in [2.05, 4.69) is 5.32 Å². The average Bonchev–Trinajstić information content (AvgIpc) is 2.52. The first-order valence-electron chi connectivity index (χ1n) is 7.94. The summed E-state index contributed by atoms with van der Waals surface area (Å²) < 4.78 is 5.13. The molecule has 25 heavy (non-hydrogen) atoms. The molecule has 5 heteroatoms. The van der Waals surface area contributed by atoms with Crippen LogP contribution in [0.5, 0.6) is 0 Å². The first-order valence-corrected chi connectivity index (χ1v) is 7.94. The molecule has 0 aromatic heterocycles. The molecule has 2 aromatic rings. The van der Waals surface area contributed by atoms with E-state index < -0.39 is 18.5 Å². The molecule has 0 atom stereocenters. The van der Waals surface area contributed by atoms with Gasteiger partial charge in [0.2, 0.25) is 0 Å². The van der Waals surface area contributed by atoms with E-state index in [1.807, 2.05) is 32.9 Å². The van der Waals surface area contributed by atoms with Gasteiger partial charge in [-0.1, -0.05) is 29.8 Å². The van der Waals surface area contributed by atoms with E-state index >= 15 is 0 Å². The van der Waals surface area contributed by atoms with E-state index in [0.29, 0.717) is 16.8 Å². The van der Waals surface area contributed by atoms with Gasteiger partial charge in [0.05, 0.1) is 11.3 Å². The van der Waals surface area contributed by atoms with Crippen LogP contribution in [0.15, 0.2) is 36.4 Å². The minimum atomic E-state index is -0.537. The lowest BCUT2D eigenvalue weighted by Crippen LogP contribution is -2.22. The van der Waals surface area contributed by atoms with Crippen LogP contribution in [-0.2, 0) is 9.53 Å². The number of hydrogen-bond donors (Lipinski definition) is 1. The van der Waals surface area contributed by atoms with Crippen molar-refractivity contribution in [2.75, 3.05) is 11.9 Å². The van der Waals surface area contributed by atoms with Gasteiger partial charge in [0.1, 0.15) is 0 Å². The van der Waals surface area contributed by atoms with E-state index in [4.69, 9.17) is 4.74 Å². The van der Waals surface area contributed by atoms with Crippen molar-refractivity contribution in [1.29, 1.82) is 0 Å². The van der Waals surface area contributed by atoms with Gasteiger partial charge in [0.15, 0.2) is 12.4 Å². The van der Waals surface area contributed by atoms with E-state index in [-0.39, 0.29) is 5.78 Å². The molecule has 0 saturated carbocycles. The molecule has 0 radical (unpaired) electrons. The third kappa shape index (κ3) is 4.53. The summed E-state index contributed by atoms with van der Waals surface area (Å²) >= 11 is 0. The maximum absolute atomic E-state index is 12.3. The van der Waals surface area contributed by atoms with Gasteiger partial charge in [-0.3, -0.25) is 9.59 Å². The molecule has 0 saturated heterocycles. The Morgan fingerprint density at radius 1 is 1.00 bits per heavy atom. The lowest BCUT2D eigenvalue weighted by molar-refractivity contribution is -0.119. The number of Topliss-reactive ketones (excluding diaryl/α,β-unsaturated/α-hetero) is 1.